The minimum atomic E-state index is -0.835. The Bertz CT molecular complexity index is 597. The van der Waals surface area contributed by atoms with Crippen molar-refractivity contribution < 1.29 is 9.84 Å². The van der Waals surface area contributed by atoms with Crippen LogP contribution in [-0.4, -0.2) is 39.9 Å². The van der Waals surface area contributed by atoms with E-state index in [1.165, 1.54) is 0 Å². The van der Waals surface area contributed by atoms with Crippen LogP contribution in [0.1, 0.15) is 13.3 Å². The summed E-state index contributed by atoms with van der Waals surface area (Å²) >= 11 is 0. The Morgan fingerprint density at radius 1 is 1.63 bits per heavy atom. The first-order valence-electron chi connectivity index (χ1n) is 6.40. The summed E-state index contributed by atoms with van der Waals surface area (Å²) < 4.78 is 5.39. The van der Waals surface area contributed by atoms with E-state index in [4.69, 9.17) is 10.5 Å². The third-order valence-corrected chi connectivity index (χ3v) is 3.73. The number of ether oxygens (including phenoxy) is 1. The number of aromatic amines is 1. The van der Waals surface area contributed by atoms with E-state index in [0.29, 0.717) is 31.2 Å². The van der Waals surface area contributed by atoms with Gasteiger partial charge in [0.05, 0.1) is 17.1 Å². The topological polar surface area (TPSA) is 96.2 Å². The molecule has 0 saturated carbocycles. The summed E-state index contributed by atoms with van der Waals surface area (Å²) in [5.41, 5.74) is 7.31. The summed E-state index contributed by atoms with van der Waals surface area (Å²) in [6, 6.07) is 5.51. The van der Waals surface area contributed by atoms with Gasteiger partial charge in [-0.3, -0.25) is 0 Å². The largest absolute Gasteiger partial charge is 0.399 e. The summed E-state index contributed by atoms with van der Waals surface area (Å²) in [6.45, 7) is 2.88. The molecule has 5 N–H and O–H groups in total. The van der Waals surface area contributed by atoms with Gasteiger partial charge in [0.2, 0.25) is 5.95 Å². The number of aliphatic hydroxyl groups is 1. The van der Waals surface area contributed by atoms with Crippen LogP contribution in [-0.2, 0) is 4.74 Å². The van der Waals surface area contributed by atoms with E-state index in [9.17, 15) is 5.11 Å². The average Bonchev–Trinajstić information content (AvgIpc) is 2.91. The molecule has 2 aromatic rings. The standard InChI is InChI=1S/C13H18N4O2/c1-8-13(18,4-5-19-8)7-15-12-16-10-3-2-9(14)6-11(10)17-12/h2-3,6,8,18H,4-5,7,14H2,1H3,(H2,15,16,17). The number of imidazole rings is 1. The number of H-pyrrole nitrogens is 1. The lowest BCUT2D eigenvalue weighted by Gasteiger charge is -2.25. The molecule has 1 aliphatic rings. The van der Waals surface area contributed by atoms with Crippen LogP contribution in [0.15, 0.2) is 18.2 Å². The molecule has 0 spiro atoms. The lowest BCUT2D eigenvalue weighted by molar-refractivity contribution is -0.0176. The van der Waals surface area contributed by atoms with Crippen LogP contribution >= 0.6 is 0 Å². The van der Waals surface area contributed by atoms with Gasteiger partial charge in [0.15, 0.2) is 0 Å². The molecule has 6 nitrogen and oxygen atoms in total. The predicted molar refractivity (Wildman–Crippen MR) is 74.0 cm³/mol. The monoisotopic (exact) mass is 262 g/mol. The van der Waals surface area contributed by atoms with Crippen LogP contribution in [0, 0.1) is 0 Å². The number of nitrogens with two attached hydrogens (primary N) is 1. The van der Waals surface area contributed by atoms with Crippen LogP contribution in [0.25, 0.3) is 11.0 Å². The number of fused-ring (bicyclic) bond motifs is 1. The van der Waals surface area contributed by atoms with Gasteiger partial charge in [0, 0.05) is 25.3 Å². The zero-order valence-corrected chi connectivity index (χ0v) is 10.8. The molecule has 19 heavy (non-hydrogen) atoms. The lowest BCUT2D eigenvalue weighted by atomic mass is 9.97. The fourth-order valence-corrected chi connectivity index (χ4v) is 2.35. The van der Waals surface area contributed by atoms with Crippen LogP contribution in [0.5, 0.6) is 0 Å². The molecule has 1 saturated heterocycles. The van der Waals surface area contributed by atoms with Gasteiger partial charge in [-0.25, -0.2) is 4.98 Å². The number of aromatic nitrogens is 2. The molecule has 2 unspecified atom stereocenters. The fraction of sp³-hybridized carbons (Fsp3) is 0.462. The Morgan fingerprint density at radius 3 is 3.21 bits per heavy atom. The molecule has 2 heterocycles. The number of rotatable bonds is 3. The highest BCUT2D eigenvalue weighted by molar-refractivity contribution is 5.80. The van der Waals surface area contributed by atoms with Crippen molar-refractivity contribution in [3.63, 3.8) is 0 Å². The molecular weight excluding hydrogens is 244 g/mol. The molecule has 1 fully saturated rings. The number of benzene rings is 1. The molecule has 0 amide bonds. The Labute approximate surface area is 111 Å². The molecule has 3 rings (SSSR count). The number of nitrogens with zero attached hydrogens (tertiary/aromatic N) is 1. The van der Waals surface area contributed by atoms with Gasteiger partial charge in [-0.05, 0) is 25.1 Å². The van der Waals surface area contributed by atoms with Gasteiger partial charge in [0.1, 0.15) is 5.60 Å². The van der Waals surface area contributed by atoms with E-state index >= 15 is 0 Å². The van der Waals surface area contributed by atoms with Crippen molar-refractivity contribution in [1.29, 1.82) is 0 Å². The van der Waals surface area contributed by atoms with Gasteiger partial charge in [-0.1, -0.05) is 0 Å². The predicted octanol–water partition coefficient (Wildman–Crippen LogP) is 1.10. The first kappa shape index (κ1) is 12.3. The second kappa shape index (κ2) is 4.40. The Balaban J connectivity index is 1.75. The Morgan fingerprint density at radius 2 is 2.47 bits per heavy atom. The van der Waals surface area contributed by atoms with Crippen molar-refractivity contribution in [2.75, 3.05) is 24.2 Å². The summed E-state index contributed by atoms with van der Waals surface area (Å²) in [7, 11) is 0. The van der Waals surface area contributed by atoms with Gasteiger partial charge < -0.3 is 25.9 Å². The average molecular weight is 262 g/mol. The maximum atomic E-state index is 10.4. The van der Waals surface area contributed by atoms with Gasteiger partial charge >= 0.3 is 0 Å². The maximum Gasteiger partial charge on any atom is 0.201 e. The van der Waals surface area contributed by atoms with Crippen LogP contribution in [0.3, 0.4) is 0 Å². The molecule has 1 aromatic carbocycles. The van der Waals surface area contributed by atoms with Crippen molar-refractivity contribution in [2.45, 2.75) is 25.0 Å². The second-order valence-electron chi connectivity index (χ2n) is 5.08. The van der Waals surface area contributed by atoms with E-state index < -0.39 is 5.60 Å². The number of nitrogens with one attached hydrogen (secondary N) is 2. The smallest absolute Gasteiger partial charge is 0.201 e. The normalized spacial score (nSPS) is 26.9. The molecule has 0 aliphatic carbocycles. The molecule has 102 valence electrons. The van der Waals surface area contributed by atoms with Crippen LogP contribution in [0.4, 0.5) is 11.6 Å². The number of nitrogen functional groups attached to an aromatic ring is 1. The maximum absolute atomic E-state index is 10.4. The molecule has 6 heteroatoms. The minimum Gasteiger partial charge on any atom is -0.399 e. The number of hydrogen-bond donors (Lipinski definition) is 4. The van der Waals surface area contributed by atoms with Crippen molar-refractivity contribution >= 4 is 22.7 Å². The highest BCUT2D eigenvalue weighted by Gasteiger charge is 2.39. The van der Waals surface area contributed by atoms with Crippen LogP contribution in [0.2, 0.25) is 0 Å². The molecule has 0 bridgehead atoms. The van der Waals surface area contributed by atoms with E-state index in [1.807, 2.05) is 25.1 Å². The molecule has 1 aliphatic heterocycles. The first-order valence-corrected chi connectivity index (χ1v) is 6.40. The Kier molecular flexibility index (Phi) is 2.83. The summed E-state index contributed by atoms with van der Waals surface area (Å²) in [5.74, 6) is 0.633. The summed E-state index contributed by atoms with van der Waals surface area (Å²) in [4.78, 5) is 7.54. The first-order chi connectivity index (χ1) is 9.07. The summed E-state index contributed by atoms with van der Waals surface area (Å²) in [6.07, 6.45) is 0.467. The van der Waals surface area contributed by atoms with E-state index in [2.05, 4.69) is 15.3 Å². The van der Waals surface area contributed by atoms with Crippen molar-refractivity contribution in [3.05, 3.63) is 18.2 Å². The van der Waals surface area contributed by atoms with E-state index in [0.717, 1.165) is 11.0 Å². The third-order valence-electron chi connectivity index (χ3n) is 3.73. The zero-order valence-electron chi connectivity index (χ0n) is 10.8. The number of anilines is 2. The molecule has 1 aromatic heterocycles. The van der Waals surface area contributed by atoms with Gasteiger partial charge in [-0.15, -0.1) is 0 Å². The Hall–Kier alpha value is -1.79. The highest BCUT2D eigenvalue weighted by atomic mass is 16.5. The quantitative estimate of drug-likeness (QED) is 0.621. The number of hydrogen-bond acceptors (Lipinski definition) is 5. The van der Waals surface area contributed by atoms with Gasteiger partial charge in [-0.2, -0.15) is 0 Å². The van der Waals surface area contributed by atoms with Crippen molar-refractivity contribution in [3.8, 4) is 0 Å². The van der Waals surface area contributed by atoms with Crippen molar-refractivity contribution in [1.82, 2.24) is 9.97 Å². The minimum absolute atomic E-state index is 0.167. The van der Waals surface area contributed by atoms with Crippen LogP contribution < -0.4 is 11.1 Å². The van der Waals surface area contributed by atoms with E-state index in [-0.39, 0.29) is 6.10 Å². The van der Waals surface area contributed by atoms with Gasteiger partial charge in [0.25, 0.3) is 0 Å². The summed E-state index contributed by atoms with van der Waals surface area (Å²) in [5, 5.41) is 13.5. The highest BCUT2D eigenvalue weighted by Crippen LogP contribution is 2.26. The lowest BCUT2D eigenvalue weighted by Crippen LogP contribution is -2.43. The SMILES string of the molecule is CC1OCCC1(O)CNc1nc2ccc(N)cc2[nH]1. The van der Waals surface area contributed by atoms with E-state index in [1.54, 1.807) is 0 Å². The third kappa shape index (κ3) is 2.24. The molecule has 0 radical (unpaired) electrons. The molecular formula is C13H18N4O2. The van der Waals surface area contributed by atoms with Crippen molar-refractivity contribution in [2.24, 2.45) is 0 Å². The zero-order chi connectivity index (χ0) is 13.5. The fourth-order valence-electron chi connectivity index (χ4n) is 2.35. The molecule has 2 atom stereocenters. The second-order valence-corrected chi connectivity index (χ2v) is 5.08.